The lowest BCUT2D eigenvalue weighted by Crippen LogP contribution is -2.50. The van der Waals surface area contributed by atoms with E-state index >= 15 is 0 Å². The van der Waals surface area contributed by atoms with Crippen LogP contribution in [0.1, 0.15) is 15.9 Å². The molecule has 2 aromatic carbocycles. The van der Waals surface area contributed by atoms with Crippen molar-refractivity contribution in [3.63, 3.8) is 0 Å². The highest BCUT2D eigenvalue weighted by atomic mass is 32.2. The van der Waals surface area contributed by atoms with Gasteiger partial charge >= 0.3 is 6.03 Å². The Hall–Kier alpha value is -3.96. The van der Waals surface area contributed by atoms with E-state index in [9.17, 15) is 13.2 Å². The molecule has 0 aliphatic carbocycles. The smallest absolute Gasteiger partial charge is 0.323 e. The number of nitrogens with zero attached hydrogens (tertiary/aromatic N) is 4. The standard InChI is InChI=1S/C24H25N7O3S.3H2/c1-35(33,34)31-13-12-30(23-20-10-11-25-22(20)26-16-27-23)15-21(31)17-6-5-9-19(14-17)29-24(32)28-18-7-3-2-4-8-18;;;/h2-11,14,16,21H,12-13,15H2,1H3,(H,25,26,27)(H2,28,29,32);3*1H. The Morgan fingerprint density at radius 3 is 2.60 bits per heavy atom. The van der Waals surface area contributed by atoms with E-state index in [1.807, 2.05) is 48.7 Å². The number of H-pyrrole nitrogens is 1. The van der Waals surface area contributed by atoms with Crippen LogP contribution >= 0.6 is 0 Å². The van der Waals surface area contributed by atoms with Crippen LogP contribution < -0.4 is 15.5 Å². The van der Waals surface area contributed by atoms with Gasteiger partial charge in [-0.3, -0.25) is 0 Å². The highest BCUT2D eigenvalue weighted by molar-refractivity contribution is 7.88. The number of carbonyl (C=O) groups excluding carboxylic acids is 1. The van der Waals surface area contributed by atoms with Crippen molar-refractivity contribution in [1.29, 1.82) is 0 Å². The van der Waals surface area contributed by atoms with E-state index in [0.29, 0.717) is 31.0 Å². The number of para-hydroxylation sites is 1. The van der Waals surface area contributed by atoms with Gasteiger partial charge in [-0.25, -0.2) is 23.2 Å². The van der Waals surface area contributed by atoms with Gasteiger partial charge < -0.3 is 20.5 Å². The molecule has 1 saturated heterocycles. The summed E-state index contributed by atoms with van der Waals surface area (Å²) in [5, 5.41) is 6.50. The molecule has 2 aromatic heterocycles. The van der Waals surface area contributed by atoms with Crippen molar-refractivity contribution >= 4 is 44.3 Å². The molecule has 0 radical (unpaired) electrons. The molecule has 186 valence electrons. The van der Waals surface area contributed by atoms with Gasteiger partial charge in [0.1, 0.15) is 17.8 Å². The van der Waals surface area contributed by atoms with E-state index in [4.69, 9.17) is 0 Å². The SMILES string of the molecule is CS(=O)(=O)N1CCN(c2ncnc3[nH]ccc23)CC1c1cccc(NC(=O)Nc2ccccc2)c1.[HH].[HH].[HH]. The topological polar surface area (TPSA) is 123 Å². The Bertz CT molecular complexity index is 1470. The zero-order valence-corrected chi connectivity index (χ0v) is 19.9. The summed E-state index contributed by atoms with van der Waals surface area (Å²) in [7, 11) is -3.47. The summed E-state index contributed by atoms with van der Waals surface area (Å²) in [6.45, 7) is 1.22. The third-order valence-corrected chi connectivity index (χ3v) is 7.24. The summed E-state index contributed by atoms with van der Waals surface area (Å²) in [5.41, 5.74) is 2.74. The number of anilines is 3. The van der Waals surface area contributed by atoms with Gasteiger partial charge in [-0.2, -0.15) is 4.31 Å². The van der Waals surface area contributed by atoms with Gasteiger partial charge in [-0.05, 0) is 35.9 Å². The number of aromatic amines is 1. The number of carbonyl (C=O) groups is 1. The molecule has 1 aliphatic rings. The number of benzene rings is 2. The van der Waals surface area contributed by atoms with Crippen LogP contribution in [-0.4, -0.2) is 59.6 Å². The van der Waals surface area contributed by atoms with Gasteiger partial charge in [0.05, 0.1) is 17.7 Å². The molecule has 4 aromatic rings. The number of amides is 2. The van der Waals surface area contributed by atoms with E-state index in [2.05, 4.69) is 30.5 Å². The van der Waals surface area contributed by atoms with Gasteiger partial charge in [0.2, 0.25) is 10.0 Å². The van der Waals surface area contributed by atoms with Crippen LogP contribution in [0.3, 0.4) is 0 Å². The lowest BCUT2D eigenvalue weighted by Gasteiger charge is -2.41. The zero-order chi connectivity index (χ0) is 24.4. The average molecular weight is 498 g/mol. The van der Waals surface area contributed by atoms with Gasteiger partial charge in [0.15, 0.2) is 0 Å². The number of rotatable bonds is 5. The molecule has 0 spiro atoms. The first-order chi connectivity index (χ1) is 16.9. The highest BCUT2D eigenvalue weighted by Gasteiger charge is 2.35. The number of fused-ring (bicyclic) bond motifs is 1. The second kappa shape index (κ2) is 9.35. The summed E-state index contributed by atoms with van der Waals surface area (Å²) >= 11 is 0. The van der Waals surface area contributed by atoms with E-state index in [1.54, 1.807) is 18.2 Å². The average Bonchev–Trinajstić information content (AvgIpc) is 3.33. The Balaban J connectivity index is 0.00000169. The molecule has 1 atom stereocenters. The molecule has 11 heteroatoms. The van der Waals surface area contributed by atoms with Crippen LogP contribution in [-0.2, 0) is 10.0 Å². The molecule has 3 N–H and O–H groups in total. The fourth-order valence-electron chi connectivity index (χ4n) is 4.38. The number of hydrogen-bond donors (Lipinski definition) is 3. The number of urea groups is 1. The molecule has 35 heavy (non-hydrogen) atoms. The summed E-state index contributed by atoms with van der Waals surface area (Å²) in [6, 6.07) is 17.5. The second-order valence-corrected chi connectivity index (χ2v) is 10.3. The molecule has 0 bridgehead atoms. The van der Waals surface area contributed by atoms with E-state index in [1.165, 1.54) is 16.9 Å². The maximum absolute atomic E-state index is 12.6. The molecule has 5 rings (SSSR count). The van der Waals surface area contributed by atoms with Crippen LogP contribution in [0.2, 0.25) is 0 Å². The molecule has 0 saturated carbocycles. The predicted octanol–water partition coefficient (Wildman–Crippen LogP) is 4.16. The van der Waals surface area contributed by atoms with Gasteiger partial charge in [-0.1, -0.05) is 30.3 Å². The lowest BCUT2D eigenvalue weighted by molar-refractivity contribution is 0.262. The maximum atomic E-state index is 12.6. The molecular formula is C24H31N7O3S. The van der Waals surface area contributed by atoms with Crippen molar-refractivity contribution in [1.82, 2.24) is 19.3 Å². The summed E-state index contributed by atoms with van der Waals surface area (Å²) in [6.07, 6.45) is 4.53. The zero-order valence-electron chi connectivity index (χ0n) is 19.0. The molecule has 1 fully saturated rings. The van der Waals surface area contributed by atoms with Crippen molar-refractivity contribution in [2.24, 2.45) is 0 Å². The number of aromatic nitrogens is 3. The first-order valence-corrected chi connectivity index (χ1v) is 13.0. The second-order valence-electron chi connectivity index (χ2n) is 8.34. The Labute approximate surface area is 207 Å². The first kappa shape index (κ1) is 22.8. The quantitative estimate of drug-likeness (QED) is 0.380. The van der Waals surface area contributed by atoms with Crippen molar-refractivity contribution < 1.29 is 17.5 Å². The van der Waals surface area contributed by atoms with Crippen molar-refractivity contribution in [2.45, 2.75) is 6.04 Å². The number of hydrogen-bond acceptors (Lipinski definition) is 6. The fraction of sp³-hybridized carbons (Fsp3) is 0.208. The minimum absolute atomic E-state index is 0. The Morgan fingerprint density at radius 2 is 1.80 bits per heavy atom. The minimum atomic E-state index is -3.47. The number of nitrogens with one attached hydrogen (secondary N) is 3. The van der Waals surface area contributed by atoms with Crippen molar-refractivity contribution in [2.75, 3.05) is 41.4 Å². The van der Waals surface area contributed by atoms with E-state index in [0.717, 1.165) is 22.4 Å². The monoisotopic (exact) mass is 497 g/mol. The normalized spacial score (nSPS) is 16.8. The van der Waals surface area contributed by atoms with E-state index < -0.39 is 16.1 Å². The third-order valence-electron chi connectivity index (χ3n) is 5.95. The summed E-state index contributed by atoms with van der Waals surface area (Å²) in [5.74, 6) is 0.755. The molecule has 10 nitrogen and oxygen atoms in total. The Morgan fingerprint density at radius 1 is 1.03 bits per heavy atom. The maximum Gasteiger partial charge on any atom is 0.323 e. The van der Waals surface area contributed by atoms with Gasteiger partial charge in [-0.15, -0.1) is 0 Å². The van der Waals surface area contributed by atoms with Crippen LogP contribution in [0, 0.1) is 0 Å². The van der Waals surface area contributed by atoms with Crippen molar-refractivity contribution in [3.05, 3.63) is 78.8 Å². The summed E-state index contributed by atoms with van der Waals surface area (Å²) < 4.78 is 26.8. The van der Waals surface area contributed by atoms with Gasteiger partial charge in [0.25, 0.3) is 0 Å². The van der Waals surface area contributed by atoms with Crippen molar-refractivity contribution in [3.8, 4) is 0 Å². The molecule has 2 amide bonds. The van der Waals surface area contributed by atoms with Gasteiger partial charge in [0, 0.05) is 41.5 Å². The predicted molar refractivity (Wildman–Crippen MR) is 142 cm³/mol. The number of sulfonamides is 1. The lowest BCUT2D eigenvalue weighted by atomic mass is 10.0. The molecule has 3 heterocycles. The van der Waals surface area contributed by atoms with Crippen LogP contribution in [0.4, 0.5) is 22.0 Å². The van der Waals surface area contributed by atoms with Crippen LogP contribution in [0.5, 0.6) is 0 Å². The first-order valence-electron chi connectivity index (χ1n) is 11.1. The van der Waals surface area contributed by atoms with E-state index in [-0.39, 0.29) is 10.3 Å². The number of piperazine rings is 1. The molecule has 1 aliphatic heterocycles. The molecular weight excluding hydrogens is 466 g/mol. The third kappa shape index (κ3) is 4.96. The fourth-order valence-corrected chi connectivity index (χ4v) is 5.44. The highest BCUT2D eigenvalue weighted by Crippen LogP contribution is 2.33. The molecule has 1 unspecified atom stereocenters. The summed E-state index contributed by atoms with van der Waals surface area (Å²) in [4.78, 5) is 26.4. The Kier molecular flexibility index (Phi) is 6.10. The largest absolute Gasteiger partial charge is 0.353 e. The minimum Gasteiger partial charge on any atom is -0.353 e. The van der Waals surface area contributed by atoms with Crippen LogP contribution in [0.25, 0.3) is 11.0 Å². The van der Waals surface area contributed by atoms with Crippen LogP contribution in [0.15, 0.2) is 73.2 Å².